The van der Waals surface area contributed by atoms with E-state index in [9.17, 15) is 19.2 Å². The summed E-state index contributed by atoms with van der Waals surface area (Å²) in [4.78, 5) is 49.8. The molecular formula is C25H29N3O7. The molecule has 10 nitrogen and oxygen atoms in total. The molecule has 3 amide bonds. The molecule has 2 aliphatic rings. The molecule has 1 atom stereocenters. The van der Waals surface area contributed by atoms with Crippen molar-refractivity contribution in [2.45, 2.75) is 64.2 Å². The van der Waals surface area contributed by atoms with Crippen LogP contribution in [-0.4, -0.2) is 58.8 Å². The molecule has 1 N–H and O–H groups in total. The third-order valence-electron chi connectivity index (χ3n) is 5.85. The van der Waals surface area contributed by atoms with Crippen molar-refractivity contribution < 1.29 is 28.3 Å². The molecule has 4 rings (SSSR count). The second kappa shape index (κ2) is 9.96. The summed E-state index contributed by atoms with van der Waals surface area (Å²) in [6, 6.07) is 4.28. The molecule has 0 spiro atoms. The number of hydrogen-bond donors (Lipinski definition) is 1. The minimum Gasteiger partial charge on any atom is -0.444 e. The van der Waals surface area contributed by atoms with E-state index in [2.05, 4.69) is 17.2 Å². The van der Waals surface area contributed by atoms with Crippen LogP contribution in [0.4, 0.5) is 4.79 Å². The normalized spacial score (nSPS) is 19.3. The maximum Gasteiger partial charge on any atom is 0.420 e. The highest BCUT2D eigenvalue weighted by atomic mass is 16.6. The summed E-state index contributed by atoms with van der Waals surface area (Å²) in [5.41, 5.74) is 0.925. The highest BCUT2D eigenvalue weighted by molar-refractivity contribution is 6.00. The van der Waals surface area contributed by atoms with Crippen molar-refractivity contribution in [3.05, 3.63) is 34.3 Å². The van der Waals surface area contributed by atoms with Crippen LogP contribution in [0, 0.1) is 11.8 Å². The third-order valence-corrected chi connectivity index (χ3v) is 5.85. The Balaban J connectivity index is 1.32. The Morgan fingerprint density at radius 2 is 1.91 bits per heavy atom. The number of likely N-dealkylation sites (tertiary alicyclic amines) is 1. The predicted molar refractivity (Wildman–Crippen MR) is 126 cm³/mol. The molecule has 1 aromatic carbocycles. The van der Waals surface area contributed by atoms with E-state index in [0.29, 0.717) is 42.6 Å². The van der Waals surface area contributed by atoms with Gasteiger partial charge in [-0.05, 0) is 58.2 Å². The maximum atomic E-state index is 12.4. The number of ether oxygens (including phenoxy) is 2. The van der Waals surface area contributed by atoms with Gasteiger partial charge in [0.25, 0.3) is 0 Å². The van der Waals surface area contributed by atoms with Gasteiger partial charge in [0.2, 0.25) is 11.8 Å². The van der Waals surface area contributed by atoms with E-state index < -0.39 is 23.3 Å². The van der Waals surface area contributed by atoms with Crippen LogP contribution in [0.3, 0.4) is 0 Å². The lowest BCUT2D eigenvalue weighted by Crippen LogP contribution is -2.43. The number of hydrogen-bond acceptors (Lipinski definition) is 7. The van der Waals surface area contributed by atoms with Gasteiger partial charge in [-0.3, -0.25) is 19.5 Å². The van der Waals surface area contributed by atoms with E-state index in [1.165, 1.54) is 4.57 Å². The van der Waals surface area contributed by atoms with Crippen LogP contribution >= 0.6 is 0 Å². The molecule has 1 aromatic heterocycles. The number of nitrogens with one attached hydrogen (secondary N) is 1. The van der Waals surface area contributed by atoms with Crippen molar-refractivity contribution in [1.82, 2.24) is 14.8 Å². The molecule has 10 heteroatoms. The average molecular weight is 484 g/mol. The number of oxazole rings is 1. The Bertz CT molecular complexity index is 1250. The number of aromatic nitrogens is 1. The highest BCUT2D eigenvalue weighted by Gasteiger charge is 2.31. The van der Waals surface area contributed by atoms with Crippen LogP contribution in [0.1, 0.15) is 58.1 Å². The smallest absolute Gasteiger partial charge is 0.420 e. The molecule has 35 heavy (non-hydrogen) atoms. The van der Waals surface area contributed by atoms with Crippen molar-refractivity contribution in [3.8, 4) is 11.8 Å². The van der Waals surface area contributed by atoms with Crippen LogP contribution in [0.15, 0.2) is 27.4 Å². The molecule has 0 saturated carbocycles. The minimum absolute atomic E-state index is 0.0195. The molecule has 0 radical (unpaired) electrons. The molecule has 2 saturated heterocycles. The lowest BCUT2D eigenvalue weighted by molar-refractivity contribution is -0.135. The first kappa shape index (κ1) is 24.5. The minimum atomic E-state index is -0.784. The SMILES string of the molecule is CC(C)(C)OC(=O)N1CCC(OCC#Cc2ccc3c(c2)oc(=O)n3C2CCC(=O)NC2=O)CC1. The van der Waals surface area contributed by atoms with E-state index in [-0.39, 0.29) is 37.6 Å². The number of fused-ring (bicyclic) bond motifs is 1. The molecule has 0 aliphatic carbocycles. The van der Waals surface area contributed by atoms with Gasteiger partial charge >= 0.3 is 11.8 Å². The molecule has 3 heterocycles. The van der Waals surface area contributed by atoms with Crippen molar-refractivity contribution >= 4 is 29.0 Å². The topological polar surface area (TPSA) is 120 Å². The lowest BCUT2D eigenvalue weighted by Gasteiger charge is -2.33. The van der Waals surface area contributed by atoms with Gasteiger partial charge in [0.1, 0.15) is 18.2 Å². The molecule has 2 aliphatic heterocycles. The summed E-state index contributed by atoms with van der Waals surface area (Å²) >= 11 is 0. The fourth-order valence-corrected chi connectivity index (χ4v) is 4.17. The van der Waals surface area contributed by atoms with E-state index in [0.717, 1.165) is 0 Å². The van der Waals surface area contributed by atoms with E-state index in [4.69, 9.17) is 13.9 Å². The molecule has 1 unspecified atom stereocenters. The van der Waals surface area contributed by atoms with Gasteiger partial charge in [0, 0.05) is 25.1 Å². The first-order valence-electron chi connectivity index (χ1n) is 11.7. The zero-order valence-corrected chi connectivity index (χ0v) is 20.1. The van der Waals surface area contributed by atoms with Crippen LogP contribution < -0.4 is 11.1 Å². The largest absolute Gasteiger partial charge is 0.444 e. The molecular weight excluding hydrogens is 454 g/mol. The molecule has 0 bridgehead atoms. The molecule has 186 valence electrons. The molecule has 2 fully saturated rings. The summed E-state index contributed by atoms with van der Waals surface area (Å²) in [7, 11) is 0. The Morgan fingerprint density at radius 1 is 1.17 bits per heavy atom. The molecule has 2 aromatic rings. The lowest BCUT2D eigenvalue weighted by atomic mass is 10.1. The van der Waals surface area contributed by atoms with Gasteiger partial charge < -0.3 is 18.8 Å². The fraction of sp³-hybridized carbons (Fsp3) is 0.520. The Labute approximate surface area is 202 Å². The van der Waals surface area contributed by atoms with Crippen LogP contribution in [0.25, 0.3) is 11.1 Å². The first-order chi connectivity index (χ1) is 16.6. The van der Waals surface area contributed by atoms with Crippen molar-refractivity contribution in [2.24, 2.45) is 0 Å². The summed E-state index contributed by atoms with van der Waals surface area (Å²) < 4.78 is 17.9. The zero-order valence-electron chi connectivity index (χ0n) is 20.1. The van der Waals surface area contributed by atoms with Crippen LogP contribution in [0.5, 0.6) is 0 Å². The van der Waals surface area contributed by atoms with Gasteiger partial charge in [-0.15, -0.1) is 0 Å². The van der Waals surface area contributed by atoms with Crippen LogP contribution in [0.2, 0.25) is 0 Å². The third kappa shape index (κ3) is 5.92. The van der Waals surface area contributed by atoms with Crippen molar-refractivity contribution in [1.29, 1.82) is 0 Å². The fourth-order valence-electron chi connectivity index (χ4n) is 4.17. The van der Waals surface area contributed by atoms with Crippen molar-refractivity contribution in [3.63, 3.8) is 0 Å². The summed E-state index contributed by atoms with van der Waals surface area (Å²) in [6.45, 7) is 6.92. The Hall–Kier alpha value is -3.58. The van der Waals surface area contributed by atoms with Gasteiger partial charge in [-0.1, -0.05) is 11.8 Å². The van der Waals surface area contributed by atoms with E-state index >= 15 is 0 Å². The summed E-state index contributed by atoms with van der Waals surface area (Å²) in [6.07, 6.45) is 1.56. The van der Waals surface area contributed by atoms with Crippen molar-refractivity contribution in [2.75, 3.05) is 19.7 Å². The number of amides is 3. The number of nitrogens with zero attached hydrogens (tertiary/aromatic N) is 2. The number of carbonyl (C=O) groups is 3. The summed E-state index contributed by atoms with van der Waals surface area (Å²) in [5.74, 6) is 4.46. The zero-order chi connectivity index (χ0) is 25.2. The summed E-state index contributed by atoms with van der Waals surface area (Å²) in [5, 5.41) is 2.26. The number of imide groups is 1. The van der Waals surface area contributed by atoms with Gasteiger partial charge in [0.05, 0.1) is 11.6 Å². The number of carbonyl (C=O) groups excluding carboxylic acids is 3. The second-order valence-electron chi connectivity index (χ2n) is 9.67. The highest BCUT2D eigenvalue weighted by Crippen LogP contribution is 2.24. The van der Waals surface area contributed by atoms with Crippen LogP contribution in [-0.2, 0) is 19.1 Å². The monoisotopic (exact) mass is 483 g/mol. The van der Waals surface area contributed by atoms with Gasteiger partial charge in [-0.25, -0.2) is 9.59 Å². The Kier molecular flexibility index (Phi) is 6.98. The predicted octanol–water partition coefficient (Wildman–Crippen LogP) is 2.34. The number of rotatable bonds is 3. The van der Waals surface area contributed by atoms with Gasteiger partial charge in [0.15, 0.2) is 5.58 Å². The standard InChI is InChI=1S/C25H29N3O7/c1-25(2,3)35-23(31)27-12-10-17(11-13-27)33-14-4-5-16-6-7-18-20(15-16)34-24(32)28(18)19-8-9-21(29)26-22(19)30/h6-7,15,17,19H,8-14H2,1-3H3,(H,26,29,30). The van der Waals surface area contributed by atoms with E-state index in [1.807, 2.05) is 20.8 Å². The first-order valence-corrected chi connectivity index (χ1v) is 11.7. The quantitative estimate of drug-likeness (QED) is 0.526. The van der Waals surface area contributed by atoms with E-state index in [1.54, 1.807) is 23.1 Å². The maximum absolute atomic E-state index is 12.4. The second-order valence-corrected chi connectivity index (χ2v) is 9.67. The number of piperidine rings is 2. The number of benzene rings is 1. The Morgan fingerprint density at radius 3 is 2.60 bits per heavy atom. The average Bonchev–Trinajstić information content (AvgIpc) is 3.11. The van der Waals surface area contributed by atoms with Gasteiger partial charge in [-0.2, -0.15) is 0 Å².